The third kappa shape index (κ3) is 5.91. The molecule has 0 unspecified atom stereocenters. The van der Waals surface area contributed by atoms with Crippen LogP contribution in [-0.4, -0.2) is 61.4 Å². The maximum atomic E-state index is 13.7. The average molecular weight is 615 g/mol. The van der Waals surface area contributed by atoms with Crippen LogP contribution in [0.1, 0.15) is 53.6 Å². The largest absolute Gasteiger partial charge is 0.341 e. The molecule has 1 saturated heterocycles. The number of hydrogen-bond acceptors (Lipinski definition) is 3. The maximum Gasteiger partial charge on any atom is 0.254 e. The van der Waals surface area contributed by atoms with E-state index < -0.39 is 0 Å². The molecule has 0 radical (unpaired) electrons. The summed E-state index contributed by atoms with van der Waals surface area (Å²) in [6.45, 7) is 5.85. The predicted molar refractivity (Wildman–Crippen MR) is 177 cm³/mol. The van der Waals surface area contributed by atoms with Crippen molar-refractivity contribution in [2.24, 2.45) is 0 Å². The van der Waals surface area contributed by atoms with Gasteiger partial charge in [-0.3, -0.25) is 9.59 Å². The van der Waals surface area contributed by atoms with Crippen LogP contribution in [0.25, 0.3) is 10.8 Å². The van der Waals surface area contributed by atoms with Crippen LogP contribution in [-0.2, 0) is 10.2 Å². The number of nitrogens with zero attached hydrogens (tertiary/aromatic N) is 3. The molecule has 43 heavy (non-hydrogen) atoms. The molecule has 2 aliphatic rings. The van der Waals surface area contributed by atoms with Crippen molar-refractivity contribution in [3.05, 3.63) is 112 Å². The average Bonchev–Trinajstić information content (AvgIpc) is 3.35. The van der Waals surface area contributed by atoms with Crippen molar-refractivity contribution < 1.29 is 9.59 Å². The Balaban J connectivity index is 1.16. The lowest BCUT2D eigenvalue weighted by Gasteiger charge is -2.40. The predicted octanol–water partition coefficient (Wildman–Crippen LogP) is 7.79. The third-order valence-corrected chi connectivity index (χ3v) is 10.2. The lowest BCUT2D eigenvalue weighted by molar-refractivity contribution is -0.116. The highest BCUT2D eigenvalue weighted by Gasteiger charge is 2.45. The van der Waals surface area contributed by atoms with Gasteiger partial charge >= 0.3 is 0 Å². The normalized spacial score (nSPS) is 16.8. The van der Waals surface area contributed by atoms with Crippen molar-refractivity contribution in [2.45, 2.75) is 37.5 Å². The van der Waals surface area contributed by atoms with Crippen molar-refractivity contribution in [2.75, 3.05) is 44.7 Å². The molecule has 2 amide bonds. The van der Waals surface area contributed by atoms with E-state index in [0.29, 0.717) is 22.2 Å². The number of para-hydroxylation sites is 1. The summed E-state index contributed by atoms with van der Waals surface area (Å²) in [4.78, 5) is 32.4. The highest BCUT2D eigenvalue weighted by atomic mass is 35.5. The van der Waals surface area contributed by atoms with Crippen molar-refractivity contribution in [1.82, 2.24) is 9.80 Å². The van der Waals surface area contributed by atoms with E-state index in [4.69, 9.17) is 23.2 Å². The van der Waals surface area contributed by atoms with E-state index >= 15 is 0 Å². The minimum absolute atomic E-state index is 0.0108. The zero-order valence-electron chi connectivity index (χ0n) is 24.7. The van der Waals surface area contributed by atoms with Gasteiger partial charge in [0, 0.05) is 49.6 Å². The summed E-state index contributed by atoms with van der Waals surface area (Å²) in [7, 11) is 1.89. The van der Waals surface area contributed by atoms with Gasteiger partial charge in [0.15, 0.2) is 0 Å². The first-order valence-corrected chi connectivity index (χ1v) is 15.8. The number of likely N-dealkylation sites (tertiary alicyclic amines) is 1. The number of piperidine rings is 1. The molecule has 5 nitrogen and oxygen atoms in total. The minimum atomic E-state index is 0.0108. The monoisotopic (exact) mass is 613 g/mol. The molecule has 7 heteroatoms. The van der Waals surface area contributed by atoms with E-state index in [9.17, 15) is 9.59 Å². The molecule has 0 aliphatic carbocycles. The number of anilines is 1. The summed E-state index contributed by atoms with van der Waals surface area (Å²) < 4.78 is 0. The third-order valence-electron chi connectivity index (χ3n) is 9.49. The van der Waals surface area contributed by atoms with E-state index in [-0.39, 0.29) is 23.1 Å². The van der Waals surface area contributed by atoms with Gasteiger partial charge < -0.3 is 14.7 Å². The van der Waals surface area contributed by atoms with E-state index in [2.05, 4.69) is 23.1 Å². The number of rotatable bonds is 7. The van der Waals surface area contributed by atoms with E-state index in [1.807, 2.05) is 83.6 Å². The van der Waals surface area contributed by atoms with Gasteiger partial charge in [-0.15, -0.1) is 0 Å². The summed E-state index contributed by atoms with van der Waals surface area (Å²) in [5, 5.41) is 3.08. The van der Waals surface area contributed by atoms with E-state index in [1.54, 1.807) is 6.92 Å². The lowest BCUT2D eigenvalue weighted by atomic mass is 9.74. The molecule has 0 N–H and O–H groups in total. The molecule has 1 spiro atoms. The molecule has 2 aliphatic heterocycles. The second-order valence-corrected chi connectivity index (χ2v) is 12.9. The minimum Gasteiger partial charge on any atom is -0.341 e. The first kappa shape index (κ1) is 29.7. The van der Waals surface area contributed by atoms with Crippen LogP contribution >= 0.6 is 23.2 Å². The Labute approximate surface area is 264 Å². The Morgan fingerprint density at radius 3 is 2.40 bits per heavy atom. The Bertz CT molecular complexity index is 1660. The van der Waals surface area contributed by atoms with Crippen molar-refractivity contribution in [1.29, 1.82) is 0 Å². The second-order valence-electron chi connectivity index (χ2n) is 12.1. The summed E-state index contributed by atoms with van der Waals surface area (Å²) in [6, 6.07) is 28.1. The van der Waals surface area contributed by atoms with Crippen LogP contribution < -0.4 is 4.90 Å². The van der Waals surface area contributed by atoms with Crippen LogP contribution in [0, 0.1) is 0 Å². The molecule has 0 bridgehead atoms. The zero-order chi connectivity index (χ0) is 30.1. The number of hydrogen-bond donors (Lipinski definition) is 0. The molecule has 0 saturated carbocycles. The number of halogens is 2. The SMILES string of the molecule is CC(=O)N1CC2(CCN(CC[C@H](CN(C)C(=O)c3cccc4ccccc34)c3ccc(Cl)c(Cl)c3)CC2)c2ccccc21. The van der Waals surface area contributed by atoms with E-state index in [0.717, 1.165) is 67.5 Å². The second kappa shape index (κ2) is 12.3. The molecule has 4 aromatic rings. The molecule has 0 aromatic heterocycles. The first-order valence-electron chi connectivity index (χ1n) is 15.0. The van der Waals surface area contributed by atoms with Crippen LogP contribution in [0.15, 0.2) is 84.9 Å². The fourth-order valence-electron chi connectivity index (χ4n) is 7.04. The van der Waals surface area contributed by atoms with Gasteiger partial charge in [0.2, 0.25) is 5.91 Å². The number of carbonyl (C=O) groups excluding carboxylic acids is 2. The van der Waals surface area contributed by atoms with Gasteiger partial charge in [0.1, 0.15) is 0 Å². The van der Waals surface area contributed by atoms with Crippen molar-refractivity contribution in [3.63, 3.8) is 0 Å². The van der Waals surface area contributed by atoms with Gasteiger partial charge in [-0.2, -0.15) is 0 Å². The van der Waals surface area contributed by atoms with Crippen molar-refractivity contribution >= 4 is 51.5 Å². The number of fused-ring (bicyclic) bond motifs is 3. The number of likely N-dealkylation sites (N-methyl/N-ethyl adjacent to an activating group) is 1. The number of carbonyl (C=O) groups is 2. The fourth-order valence-corrected chi connectivity index (χ4v) is 7.35. The summed E-state index contributed by atoms with van der Waals surface area (Å²) in [6.07, 6.45) is 2.92. The fraction of sp³-hybridized carbons (Fsp3) is 0.333. The summed E-state index contributed by atoms with van der Waals surface area (Å²) in [5.74, 6) is 0.213. The molecule has 2 heterocycles. The van der Waals surface area contributed by atoms with Crippen LogP contribution in [0.3, 0.4) is 0 Å². The Morgan fingerprint density at radius 1 is 0.907 bits per heavy atom. The topological polar surface area (TPSA) is 43.9 Å². The molecule has 1 atom stereocenters. The molecular formula is C36H37Cl2N3O2. The molecule has 222 valence electrons. The van der Waals surface area contributed by atoms with Gasteiger partial charge in [0.05, 0.1) is 10.0 Å². The smallest absolute Gasteiger partial charge is 0.254 e. The van der Waals surface area contributed by atoms with Crippen LogP contribution in [0.4, 0.5) is 5.69 Å². The number of benzene rings is 4. The quantitative estimate of drug-likeness (QED) is 0.214. The highest BCUT2D eigenvalue weighted by molar-refractivity contribution is 6.42. The molecular weight excluding hydrogens is 577 g/mol. The lowest BCUT2D eigenvalue weighted by Crippen LogP contribution is -2.46. The van der Waals surface area contributed by atoms with Crippen LogP contribution in [0.2, 0.25) is 10.0 Å². The zero-order valence-corrected chi connectivity index (χ0v) is 26.2. The van der Waals surface area contributed by atoms with Gasteiger partial charge in [0.25, 0.3) is 5.91 Å². The first-order chi connectivity index (χ1) is 20.8. The Kier molecular flexibility index (Phi) is 8.50. The summed E-state index contributed by atoms with van der Waals surface area (Å²) >= 11 is 12.7. The standard InChI is InChI=1S/C36H37Cl2N3O2/c1-25(42)41-24-36(31-12-5-6-13-34(31)41)17-20-40(21-18-36)19-16-28(27-14-15-32(37)33(38)22-27)23-39(2)35(43)30-11-7-9-26-8-3-4-10-29(26)30/h3-15,22,28H,16-21,23-24H2,1-2H3/t28-/m1/s1. The van der Waals surface area contributed by atoms with Gasteiger partial charge in [-0.25, -0.2) is 0 Å². The molecule has 4 aromatic carbocycles. The number of amides is 2. The molecule has 1 fully saturated rings. The summed E-state index contributed by atoms with van der Waals surface area (Å²) in [5.41, 5.74) is 4.20. The van der Waals surface area contributed by atoms with E-state index in [1.165, 1.54) is 5.56 Å². The van der Waals surface area contributed by atoms with Crippen molar-refractivity contribution in [3.8, 4) is 0 Å². The van der Waals surface area contributed by atoms with Crippen LogP contribution in [0.5, 0.6) is 0 Å². The van der Waals surface area contributed by atoms with Gasteiger partial charge in [-0.1, -0.05) is 83.9 Å². The Morgan fingerprint density at radius 2 is 1.63 bits per heavy atom. The molecule has 6 rings (SSSR count). The highest BCUT2D eigenvalue weighted by Crippen LogP contribution is 2.47. The maximum absolute atomic E-state index is 13.7. The Hall–Kier alpha value is -3.38. The van der Waals surface area contributed by atoms with Gasteiger partial charge in [-0.05, 0) is 85.1 Å².